The van der Waals surface area contributed by atoms with Crippen LogP contribution in [0.5, 0.6) is 0 Å². The van der Waals surface area contributed by atoms with Crippen LogP contribution < -0.4 is 0 Å². The van der Waals surface area contributed by atoms with Gasteiger partial charge in [0.15, 0.2) is 0 Å². The lowest BCUT2D eigenvalue weighted by Gasteiger charge is -2.39. The molecule has 62 heavy (non-hydrogen) atoms. The first-order valence-corrected chi connectivity index (χ1v) is 28.6. The molecule has 5 heteroatoms. The third-order valence-electron chi connectivity index (χ3n) is 13.5. The average molecular weight is 896 g/mol. The summed E-state index contributed by atoms with van der Waals surface area (Å²) in [5, 5.41) is 0.402. The van der Waals surface area contributed by atoms with Gasteiger partial charge < -0.3 is 14.2 Å². The molecule has 0 spiro atoms. The second kappa shape index (κ2) is 39.9. The molecule has 1 atom stereocenters. The summed E-state index contributed by atoms with van der Waals surface area (Å²) >= 11 is 2.08. The van der Waals surface area contributed by atoms with Crippen LogP contribution in [0, 0.1) is 10.8 Å². The molecule has 0 amide bonds. The number of carbonyl (C=O) groups is 1. The van der Waals surface area contributed by atoms with Gasteiger partial charge in [-0.05, 0) is 84.8 Å². The van der Waals surface area contributed by atoms with Gasteiger partial charge in [-0.3, -0.25) is 4.79 Å². The normalized spacial score (nSPS) is 13.3. The SMILES string of the molecule is CCCCCCCCCCCCCCCCCCCC(COC(=O)C(C)(C)CC(C)(C)CC(C)(C)OCCC(C)(C)OC)SCCCCCCCCCCCCCCCCCC. The molecular formula is C57H114O4S. The van der Waals surface area contributed by atoms with E-state index >= 15 is 0 Å². The van der Waals surface area contributed by atoms with Crippen molar-refractivity contribution in [1.29, 1.82) is 0 Å². The quantitative estimate of drug-likeness (QED) is 0.0450. The molecule has 0 bridgehead atoms. The molecule has 0 heterocycles. The molecule has 0 aliphatic rings. The van der Waals surface area contributed by atoms with Crippen molar-refractivity contribution in [2.45, 2.75) is 323 Å². The molecule has 0 aliphatic carbocycles. The van der Waals surface area contributed by atoms with Crippen molar-refractivity contribution in [3.8, 4) is 0 Å². The summed E-state index contributed by atoms with van der Waals surface area (Å²) in [7, 11) is 1.76. The number of esters is 1. The Morgan fingerprint density at radius 3 is 1.19 bits per heavy atom. The summed E-state index contributed by atoms with van der Waals surface area (Å²) in [5.74, 6) is 1.15. The van der Waals surface area contributed by atoms with Crippen LogP contribution in [0.25, 0.3) is 0 Å². The van der Waals surface area contributed by atoms with Crippen LogP contribution in [0.3, 0.4) is 0 Å². The molecule has 0 saturated carbocycles. The van der Waals surface area contributed by atoms with Gasteiger partial charge in [0.05, 0.1) is 23.2 Å². The Kier molecular flexibility index (Phi) is 39.7. The summed E-state index contributed by atoms with van der Waals surface area (Å²) in [6, 6.07) is 0. The second-order valence-corrected chi connectivity index (χ2v) is 24.0. The van der Waals surface area contributed by atoms with E-state index in [1.165, 1.54) is 218 Å². The minimum Gasteiger partial charge on any atom is -0.464 e. The largest absolute Gasteiger partial charge is 0.464 e. The van der Waals surface area contributed by atoms with Crippen LogP contribution >= 0.6 is 11.8 Å². The van der Waals surface area contributed by atoms with Crippen molar-refractivity contribution < 1.29 is 19.0 Å². The van der Waals surface area contributed by atoms with Crippen LogP contribution in [0.4, 0.5) is 0 Å². The molecule has 0 saturated heterocycles. The fourth-order valence-electron chi connectivity index (χ4n) is 9.79. The zero-order valence-electron chi connectivity index (χ0n) is 44.4. The topological polar surface area (TPSA) is 44.8 Å². The maximum absolute atomic E-state index is 13.7. The highest BCUT2D eigenvalue weighted by Crippen LogP contribution is 2.41. The van der Waals surface area contributed by atoms with Crippen LogP contribution in [-0.2, 0) is 19.0 Å². The molecule has 0 radical (unpaired) electrons. The third-order valence-corrected chi connectivity index (χ3v) is 14.9. The minimum atomic E-state index is -0.547. The zero-order valence-corrected chi connectivity index (χ0v) is 45.2. The van der Waals surface area contributed by atoms with Crippen LogP contribution in [0.2, 0.25) is 0 Å². The van der Waals surface area contributed by atoms with Crippen molar-refractivity contribution >= 4 is 17.7 Å². The number of thioether (sulfide) groups is 1. The number of ether oxygens (including phenoxy) is 3. The first-order chi connectivity index (χ1) is 29.6. The van der Waals surface area contributed by atoms with E-state index in [1.54, 1.807) is 7.11 Å². The molecule has 1 unspecified atom stereocenters. The Bertz CT molecular complexity index is 936. The zero-order chi connectivity index (χ0) is 46.3. The van der Waals surface area contributed by atoms with E-state index in [0.29, 0.717) is 18.5 Å². The first kappa shape index (κ1) is 61.7. The lowest BCUT2D eigenvalue weighted by Crippen LogP contribution is -2.38. The van der Waals surface area contributed by atoms with Crippen molar-refractivity contribution in [1.82, 2.24) is 0 Å². The van der Waals surface area contributed by atoms with E-state index in [9.17, 15) is 4.79 Å². The lowest BCUT2D eigenvalue weighted by molar-refractivity contribution is -0.156. The second-order valence-electron chi connectivity index (χ2n) is 22.6. The predicted octanol–water partition coefficient (Wildman–Crippen LogP) is 19.4. The predicted molar refractivity (Wildman–Crippen MR) is 278 cm³/mol. The fourth-order valence-corrected chi connectivity index (χ4v) is 11.0. The molecule has 0 aromatic rings. The fraction of sp³-hybridized carbons (Fsp3) is 0.982. The minimum absolute atomic E-state index is 0.0402. The Morgan fingerprint density at radius 1 is 0.468 bits per heavy atom. The smallest absolute Gasteiger partial charge is 0.311 e. The molecule has 0 aliphatic heterocycles. The van der Waals surface area contributed by atoms with E-state index in [2.05, 4.69) is 81.0 Å². The van der Waals surface area contributed by atoms with Crippen molar-refractivity contribution in [3.05, 3.63) is 0 Å². The standard InChI is InChI=1S/C57H114O4S/c1-12-14-16-18-20-22-24-26-28-30-31-33-35-37-39-41-43-45-52(62-48-44-42-40-38-36-34-32-29-27-25-23-21-19-17-15-13-2)49-60-53(58)55(5,6)50-54(3,4)51-57(9,10)61-47-46-56(7,8)59-11/h52H,12-51H2,1-11H3. The van der Waals surface area contributed by atoms with Gasteiger partial charge in [-0.2, -0.15) is 11.8 Å². The number of hydrogen-bond acceptors (Lipinski definition) is 5. The molecule has 0 aromatic carbocycles. The number of unbranched alkanes of at least 4 members (excludes halogenated alkanes) is 31. The van der Waals surface area contributed by atoms with Gasteiger partial charge in [-0.25, -0.2) is 0 Å². The van der Waals surface area contributed by atoms with E-state index in [4.69, 9.17) is 14.2 Å². The number of methoxy groups -OCH3 is 1. The van der Waals surface area contributed by atoms with Gasteiger partial charge >= 0.3 is 5.97 Å². The summed E-state index contributed by atoms with van der Waals surface area (Å²) < 4.78 is 18.2. The Balaban J connectivity index is 4.66. The Morgan fingerprint density at radius 2 is 0.823 bits per heavy atom. The molecule has 4 nitrogen and oxygen atoms in total. The highest BCUT2D eigenvalue weighted by atomic mass is 32.2. The van der Waals surface area contributed by atoms with E-state index in [-0.39, 0.29) is 22.6 Å². The summed E-state index contributed by atoms with van der Waals surface area (Å²) in [6.45, 7) is 23.1. The van der Waals surface area contributed by atoms with Crippen molar-refractivity contribution in [3.63, 3.8) is 0 Å². The summed E-state index contributed by atoms with van der Waals surface area (Å²) in [4.78, 5) is 13.7. The van der Waals surface area contributed by atoms with Crippen molar-refractivity contribution in [2.24, 2.45) is 10.8 Å². The first-order valence-electron chi connectivity index (χ1n) is 27.6. The van der Waals surface area contributed by atoms with Crippen LogP contribution in [0.15, 0.2) is 0 Å². The maximum Gasteiger partial charge on any atom is 0.311 e. The van der Waals surface area contributed by atoms with Crippen molar-refractivity contribution in [2.75, 3.05) is 26.1 Å². The summed E-state index contributed by atoms with van der Waals surface area (Å²) in [6.07, 6.45) is 50.0. The third kappa shape index (κ3) is 40.1. The van der Waals surface area contributed by atoms with Gasteiger partial charge in [0, 0.05) is 12.4 Å². The van der Waals surface area contributed by atoms with Gasteiger partial charge in [0.25, 0.3) is 0 Å². The number of hydrogen-bond donors (Lipinski definition) is 0. The van der Waals surface area contributed by atoms with Gasteiger partial charge in [0.2, 0.25) is 0 Å². The van der Waals surface area contributed by atoms with E-state index in [1.807, 2.05) is 0 Å². The van der Waals surface area contributed by atoms with E-state index in [0.717, 1.165) is 25.7 Å². The molecule has 0 fully saturated rings. The highest BCUT2D eigenvalue weighted by molar-refractivity contribution is 7.99. The Labute approximate surface area is 395 Å². The maximum atomic E-state index is 13.7. The van der Waals surface area contributed by atoms with Crippen LogP contribution in [-0.4, -0.2) is 48.5 Å². The summed E-state index contributed by atoms with van der Waals surface area (Å²) in [5.41, 5.74) is -1.09. The molecule has 0 rings (SSSR count). The van der Waals surface area contributed by atoms with Crippen LogP contribution in [0.1, 0.15) is 307 Å². The Hall–Kier alpha value is -0.260. The molecular weight excluding hydrogens is 781 g/mol. The molecule has 372 valence electrons. The molecule has 0 aromatic heterocycles. The lowest BCUT2D eigenvalue weighted by atomic mass is 9.70. The monoisotopic (exact) mass is 895 g/mol. The van der Waals surface area contributed by atoms with E-state index < -0.39 is 5.41 Å². The number of rotatable bonds is 48. The van der Waals surface area contributed by atoms with Gasteiger partial charge in [0.1, 0.15) is 6.61 Å². The molecule has 0 N–H and O–H groups in total. The highest BCUT2D eigenvalue weighted by Gasteiger charge is 2.39. The van der Waals surface area contributed by atoms with Gasteiger partial charge in [-0.1, -0.05) is 233 Å². The number of carbonyl (C=O) groups excluding carboxylic acids is 1. The van der Waals surface area contributed by atoms with Gasteiger partial charge in [-0.15, -0.1) is 0 Å². The average Bonchev–Trinajstić information content (AvgIpc) is 3.20.